The number of anilines is 1. The van der Waals surface area contributed by atoms with E-state index in [0.717, 1.165) is 0 Å². The lowest BCUT2D eigenvalue weighted by Crippen LogP contribution is -2.33. The van der Waals surface area contributed by atoms with E-state index in [1.807, 2.05) is 0 Å². The van der Waals surface area contributed by atoms with E-state index < -0.39 is 6.10 Å². The monoisotopic (exact) mass is 267 g/mol. The fourth-order valence-electron chi connectivity index (χ4n) is 2.24. The maximum Gasteiger partial charge on any atom is 0.147 e. The van der Waals surface area contributed by atoms with Crippen molar-refractivity contribution in [1.29, 1.82) is 5.26 Å². The zero-order chi connectivity index (χ0) is 13.3. The molecule has 6 heteroatoms. The van der Waals surface area contributed by atoms with Gasteiger partial charge in [-0.2, -0.15) is 5.26 Å². The van der Waals surface area contributed by atoms with Crippen molar-refractivity contribution in [3.63, 3.8) is 0 Å². The molecule has 2 atom stereocenters. The Morgan fingerprint density at radius 1 is 1.67 bits per heavy atom. The van der Waals surface area contributed by atoms with Crippen LogP contribution < -0.4 is 4.90 Å². The van der Waals surface area contributed by atoms with Crippen molar-refractivity contribution < 1.29 is 10.2 Å². The van der Waals surface area contributed by atoms with Gasteiger partial charge in [-0.3, -0.25) is 0 Å². The van der Waals surface area contributed by atoms with Crippen molar-refractivity contribution in [2.75, 3.05) is 18.1 Å². The summed E-state index contributed by atoms with van der Waals surface area (Å²) in [5.41, 5.74) is 1.07. The number of aromatic nitrogens is 1. The first-order chi connectivity index (χ1) is 8.58. The van der Waals surface area contributed by atoms with Crippen LogP contribution in [0.25, 0.3) is 0 Å². The van der Waals surface area contributed by atoms with E-state index in [-0.39, 0.29) is 12.6 Å². The first kappa shape index (κ1) is 13.1. The normalized spacial score (nSPS) is 23.2. The van der Waals surface area contributed by atoms with Gasteiger partial charge in [-0.15, -0.1) is 0 Å². The molecule has 0 bridgehead atoms. The van der Waals surface area contributed by atoms with Gasteiger partial charge in [0.2, 0.25) is 0 Å². The molecule has 1 saturated heterocycles. The Hall–Kier alpha value is -1.35. The predicted octanol–water partition coefficient (Wildman–Crippen LogP) is 0.847. The molecule has 2 heterocycles. The number of β-amino-alcohol motifs (C(OH)–C–C–N with tert-alkyl or cyclic N) is 1. The predicted molar refractivity (Wildman–Crippen MR) is 67.5 cm³/mol. The third-order valence-corrected chi connectivity index (χ3v) is 3.63. The number of hydrogen-bond donors (Lipinski definition) is 2. The van der Waals surface area contributed by atoms with Crippen LogP contribution in [0, 0.1) is 18.3 Å². The van der Waals surface area contributed by atoms with Crippen LogP contribution in [0.5, 0.6) is 0 Å². The van der Waals surface area contributed by atoms with Gasteiger partial charge in [0.25, 0.3) is 0 Å². The van der Waals surface area contributed by atoms with Crippen LogP contribution in [0.15, 0.2) is 6.20 Å². The molecular formula is C12H14ClN3O2. The van der Waals surface area contributed by atoms with Crippen LogP contribution in [-0.2, 0) is 0 Å². The third kappa shape index (κ3) is 2.15. The van der Waals surface area contributed by atoms with Gasteiger partial charge in [-0.1, -0.05) is 11.6 Å². The van der Waals surface area contributed by atoms with Crippen LogP contribution in [-0.4, -0.2) is 40.5 Å². The smallest absolute Gasteiger partial charge is 0.147 e. The molecule has 1 aromatic rings. The molecule has 1 aliphatic rings. The summed E-state index contributed by atoms with van der Waals surface area (Å²) in [6.07, 6.45) is 1.46. The summed E-state index contributed by atoms with van der Waals surface area (Å²) in [6, 6.07) is 1.88. The summed E-state index contributed by atoms with van der Waals surface area (Å²) in [6.45, 7) is 2.05. The second-order valence-corrected chi connectivity index (χ2v) is 4.83. The van der Waals surface area contributed by atoms with Crippen LogP contribution in [0.4, 0.5) is 5.82 Å². The molecule has 0 aliphatic carbocycles. The Balaban J connectivity index is 2.45. The van der Waals surface area contributed by atoms with E-state index in [9.17, 15) is 15.5 Å². The molecule has 1 aliphatic heterocycles. The lowest BCUT2D eigenvalue weighted by atomic mass is 10.1. The highest BCUT2D eigenvalue weighted by atomic mass is 35.5. The summed E-state index contributed by atoms with van der Waals surface area (Å²) in [5.74, 6) is 0.481. The maximum absolute atomic E-state index is 9.66. The van der Waals surface area contributed by atoms with Crippen molar-refractivity contribution in [3.05, 3.63) is 22.3 Å². The van der Waals surface area contributed by atoms with Gasteiger partial charge in [-0.25, -0.2) is 4.98 Å². The van der Waals surface area contributed by atoms with Gasteiger partial charge in [0.15, 0.2) is 0 Å². The molecule has 1 aromatic heterocycles. The van der Waals surface area contributed by atoms with E-state index in [1.165, 1.54) is 6.20 Å². The van der Waals surface area contributed by atoms with Crippen molar-refractivity contribution >= 4 is 17.4 Å². The second kappa shape index (κ2) is 5.11. The summed E-state index contributed by atoms with van der Waals surface area (Å²) in [4.78, 5) is 5.94. The molecule has 96 valence electrons. The molecule has 0 spiro atoms. The van der Waals surface area contributed by atoms with Gasteiger partial charge in [0.05, 0.1) is 29.3 Å². The summed E-state index contributed by atoms with van der Waals surface area (Å²) >= 11 is 5.94. The molecule has 2 rings (SSSR count). The summed E-state index contributed by atoms with van der Waals surface area (Å²) in [5, 5.41) is 28.6. The van der Waals surface area contributed by atoms with Crippen LogP contribution in [0.3, 0.4) is 0 Å². The highest BCUT2D eigenvalue weighted by Crippen LogP contribution is 2.30. The number of aliphatic hydroxyl groups excluding tert-OH is 2. The third-order valence-electron chi connectivity index (χ3n) is 3.24. The molecule has 0 radical (unpaired) electrons. The molecule has 2 N–H and O–H groups in total. The molecular weight excluding hydrogens is 254 g/mol. The Labute approximate surface area is 110 Å². The molecule has 18 heavy (non-hydrogen) atoms. The minimum atomic E-state index is -0.508. The van der Waals surface area contributed by atoms with E-state index in [1.54, 1.807) is 11.8 Å². The van der Waals surface area contributed by atoms with Gasteiger partial charge in [0.1, 0.15) is 11.9 Å². The highest BCUT2D eigenvalue weighted by Gasteiger charge is 2.33. The minimum absolute atomic E-state index is 0.0781. The van der Waals surface area contributed by atoms with Crippen molar-refractivity contribution in [1.82, 2.24) is 4.98 Å². The molecule has 0 unspecified atom stereocenters. The minimum Gasteiger partial charge on any atom is -0.394 e. The topological polar surface area (TPSA) is 80.4 Å². The first-order valence-corrected chi connectivity index (χ1v) is 6.07. The highest BCUT2D eigenvalue weighted by molar-refractivity contribution is 6.31. The van der Waals surface area contributed by atoms with Gasteiger partial charge in [0, 0.05) is 12.7 Å². The number of hydrogen-bond acceptors (Lipinski definition) is 5. The number of aliphatic hydroxyl groups is 2. The van der Waals surface area contributed by atoms with Crippen molar-refractivity contribution in [3.8, 4) is 6.07 Å². The first-order valence-electron chi connectivity index (χ1n) is 5.69. The second-order valence-electron chi connectivity index (χ2n) is 4.42. The zero-order valence-electron chi connectivity index (χ0n) is 9.97. The molecule has 5 nitrogen and oxygen atoms in total. The number of halogens is 1. The average Bonchev–Trinajstić information content (AvgIpc) is 2.73. The molecule has 0 amide bonds. The SMILES string of the molecule is Cc1c(Cl)cnc(N2C[C@H](O)C[C@H]2CO)c1C#N. The Kier molecular flexibility index (Phi) is 3.71. The van der Waals surface area contributed by atoms with E-state index >= 15 is 0 Å². The van der Waals surface area contributed by atoms with E-state index in [0.29, 0.717) is 34.9 Å². The quantitative estimate of drug-likeness (QED) is 0.830. The van der Waals surface area contributed by atoms with Crippen molar-refractivity contribution in [2.45, 2.75) is 25.5 Å². The number of pyridine rings is 1. The van der Waals surface area contributed by atoms with Gasteiger partial charge < -0.3 is 15.1 Å². The number of rotatable bonds is 2. The molecule has 1 fully saturated rings. The fraction of sp³-hybridized carbons (Fsp3) is 0.500. The van der Waals surface area contributed by atoms with Gasteiger partial charge >= 0.3 is 0 Å². The lowest BCUT2D eigenvalue weighted by Gasteiger charge is -2.25. The van der Waals surface area contributed by atoms with Crippen LogP contribution in [0.1, 0.15) is 17.5 Å². The Morgan fingerprint density at radius 2 is 2.39 bits per heavy atom. The molecule has 0 aromatic carbocycles. The summed E-state index contributed by atoms with van der Waals surface area (Å²) in [7, 11) is 0. The lowest BCUT2D eigenvalue weighted by molar-refractivity contribution is 0.184. The van der Waals surface area contributed by atoms with E-state index in [4.69, 9.17) is 11.6 Å². The Bertz CT molecular complexity index is 501. The van der Waals surface area contributed by atoms with E-state index in [2.05, 4.69) is 11.1 Å². The van der Waals surface area contributed by atoms with Crippen LogP contribution in [0.2, 0.25) is 5.02 Å². The number of nitriles is 1. The molecule has 0 saturated carbocycles. The summed E-state index contributed by atoms with van der Waals surface area (Å²) < 4.78 is 0. The maximum atomic E-state index is 9.66. The Morgan fingerprint density at radius 3 is 3.00 bits per heavy atom. The average molecular weight is 268 g/mol. The van der Waals surface area contributed by atoms with Crippen LogP contribution >= 0.6 is 11.6 Å². The standard InChI is InChI=1S/C12H14ClN3O2/c1-7-10(3-14)12(15-4-11(7)13)16-5-9(18)2-8(16)6-17/h4,8-9,17-18H,2,5-6H2,1H3/t8-,9+/m0/s1. The zero-order valence-corrected chi connectivity index (χ0v) is 10.7. The largest absolute Gasteiger partial charge is 0.394 e. The number of nitrogens with zero attached hydrogens (tertiary/aromatic N) is 3. The fourth-order valence-corrected chi connectivity index (χ4v) is 2.39. The van der Waals surface area contributed by atoms with Gasteiger partial charge in [-0.05, 0) is 18.9 Å². The van der Waals surface area contributed by atoms with Crippen molar-refractivity contribution in [2.24, 2.45) is 0 Å².